The highest BCUT2D eigenvalue weighted by Crippen LogP contribution is 2.61. The number of unbranched alkanes of at least 4 members (excludes halogenated alkanes) is 4. The van der Waals surface area contributed by atoms with Gasteiger partial charge in [0.25, 0.3) is 0 Å². The van der Waals surface area contributed by atoms with Crippen molar-refractivity contribution in [2.75, 3.05) is 0 Å². The van der Waals surface area contributed by atoms with Crippen LogP contribution in [0.1, 0.15) is 121 Å². The highest BCUT2D eigenvalue weighted by atomic mass is 16.5. The second-order valence-corrected chi connectivity index (χ2v) is 11.3. The molecule has 0 radical (unpaired) electrons. The van der Waals surface area contributed by atoms with Gasteiger partial charge in [0, 0.05) is 18.3 Å². The van der Waals surface area contributed by atoms with Crippen LogP contribution in [0, 0.1) is 17.3 Å². The Hall–Kier alpha value is -1.84. The lowest BCUT2D eigenvalue weighted by Crippen LogP contribution is -2.45. The summed E-state index contributed by atoms with van der Waals surface area (Å²) in [5.74, 6) is 2.47. The fourth-order valence-electron chi connectivity index (χ4n) is 7.21. The monoisotopic (exact) mass is 468 g/mol. The quantitative estimate of drug-likeness (QED) is 0.202. The lowest BCUT2D eigenvalue weighted by Gasteiger charge is -2.50. The number of esters is 2. The van der Waals surface area contributed by atoms with E-state index >= 15 is 0 Å². The first-order chi connectivity index (χ1) is 16.5. The molecule has 0 unspecified atom stereocenters. The maximum absolute atomic E-state index is 12.5. The molecule has 2 saturated carbocycles. The van der Waals surface area contributed by atoms with Crippen molar-refractivity contribution >= 4 is 11.9 Å². The molecule has 0 aromatic heterocycles. The first-order valence-corrected chi connectivity index (χ1v) is 14.0. The number of fused-ring (bicyclic) bond motifs is 5. The first-order valence-electron chi connectivity index (χ1n) is 14.0. The summed E-state index contributed by atoms with van der Waals surface area (Å²) in [6.45, 7) is 6.70. The molecule has 4 heteroatoms. The second kappa shape index (κ2) is 11.3. The SMILES string of the molecule is CCCCCC(=O)Oc1ccc2c(c1)CC[C@@H]1[C@@H]2CC[C@]2(C)[C@@H](OC(=O)CCCCC)CC[C@@H]12. The van der Waals surface area contributed by atoms with Gasteiger partial charge in [0.2, 0.25) is 0 Å². The van der Waals surface area contributed by atoms with Gasteiger partial charge in [-0.15, -0.1) is 0 Å². The van der Waals surface area contributed by atoms with Gasteiger partial charge in [-0.2, -0.15) is 0 Å². The number of rotatable bonds is 10. The average molecular weight is 469 g/mol. The Morgan fingerprint density at radius 1 is 0.941 bits per heavy atom. The normalized spacial score (nSPS) is 29.6. The Morgan fingerprint density at radius 3 is 2.41 bits per heavy atom. The Bertz CT molecular complexity index is 861. The number of carbonyl (C=O) groups excluding carboxylic acids is 2. The molecule has 2 fully saturated rings. The summed E-state index contributed by atoms with van der Waals surface area (Å²) < 4.78 is 11.7. The van der Waals surface area contributed by atoms with Crippen molar-refractivity contribution in [3.05, 3.63) is 29.3 Å². The molecule has 0 spiro atoms. The van der Waals surface area contributed by atoms with E-state index in [2.05, 4.69) is 32.9 Å². The first kappa shape index (κ1) is 25.3. The van der Waals surface area contributed by atoms with Crippen LogP contribution in [0.5, 0.6) is 5.75 Å². The van der Waals surface area contributed by atoms with E-state index in [1.807, 2.05) is 6.07 Å². The molecule has 0 saturated heterocycles. The summed E-state index contributed by atoms with van der Waals surface area (Å²) in [7, 11) is 0. The maximum Gasteiger partial charge on any atom is 0.311 e. The molecular weight excluding hydrogens is 424 g/mol. The number of hydrogen-bond donors (Lipinski definition) is 0. The van der Waals surface area contributed by atoms with Crippen molar-refractivity contribution in [3.8, 4) is 5.75 Å². The Balaban J connectivity index is 1.39. The van der Waals surface area contributed by atoms with Crippen molar-refractivity contribution in [2.24, 2.45) is 17.3 Å². The molecule has 0 bridgehead atoms. The van der Waals surface area contributed by atoms with Crippen molar-refractivity contribution in [3.63, 3.8) is 0 Å². The van der Waals surface area contributed by atoms with Crippen molar-refractivity contribution in [1.82, 2.24) is 0 Å². The molecule has 0 heterocycles. The zero-order valence-corrected chi connectivity index (χ0v) is 21.6. The molecule has 1 aromatic rings. The zero-order chi connectivity index (χ0) is 24.1. The number of carbonyl (C=O) groups is 2. The fourth-order valence-corrected chi connectivity index (χ4v) is 7.21. The van der Waals surface area contributed by atoms with Crippen molar-refractivity contribution < 1.29 is 19.1 Å². The highest BCUT2D eigenvalue weighted by Gasteiger charge is 2.56. The smallest absolute Gasteiger partial charge is 0.311 e. The predicted molar refractivity (Wildman–Crippen MR) is 135 cm³/mol. The van der Waals surface area contributed by atoms with Crippen LogP contribution in [0.25, 0.3) is 0 Å². The predicted octanol–water partition coefficient (Wildman–Crippen LogP) is 7.52. The van der Waals surface area contributed by atoms with Gasteiger partial charge in [0.05, 0.1) is 0 Å². The summed E-state index contributed by atoms with van der Waals surface area (Å²) in [6, 6.07) is 6.35. The third-order valence-electron chi connectivity index (χ3n) is 9.09. The molecule has 34 heavy (non-hydrogen) atoms. The fraction of sp³-hybridized carbons (Fsp3) is 0.733. The van der Waals surface area contributed by atoms with Gasteiger partial charge >= 0.3 is 11.9 Å². The van der Waals surface area contributed by atoms with E-state index in [9.17, 15) is 9.59 Å². The van der Waals surface area contributed by atoms with Crippen LogP contribution in [0.4, 0.5) is 0 Å². The van der Waals surface area contributed by atoms with Gasteiger partial charge < -0.3 is 9.47 Å². The number of hydrogen-bond acceptors (Lipinski definition) is 4. The topological polar surface area (TPSA) is 52.6 Å². The number of benzene rings is 1. The lowest BCUT2D eigenvalue weighted by atomic mass is 9.55. The molecule has 3 aliphatic carbocycles. The molecule has 188 valence electrons. The van der Waals surface area contributed by atoms with E-state index in [4.69, 9.17) is 9.47 Å². The van der Waals surface area contributed by atoms with Gasteiger partial charge in [0.1, 0.15) is 11.9 Å². The maximum atomic E-state index is 12.5. The molecule has 4 rings (SSSR count). The van der Waals surface area contributed by atoms with Crippen LogP contribution in [-0.4, -0.2) is 18.0 Å². The van der Waals surface area contributed by atoms with E-state index in [1.165, 1.54) is 24.0 Å². The minimum atomic E-state index is -0.114. The lowest BCUT2D eigenvalue weighted by molar-refractivity contribution is -0.157. The number of ether oxygens (including phenoxy) is 2. The highest BCUT2D eigenvalue weighted by molar-refractivity contribution is 5.72. The standard InChI is InChI=1S/C30H44O4/c1-4-6-8-10-28(31)33-22-13-15-23-21(20-22)12-14-25-24(23)18-19-30(3)26(25)16-17-27(30)34-29(32)11-9-7-5-2/h13,15,20,24-27H,4-12,14,16-19H2,1-3H3/t24-,25-,26+,27+,30+/m1/s1. The Morgan fingerprint density at radius 2 is 1.68 bits per heavy atom. The van der Waals surface area contributed by atoms with Crippen LogP contribution >= 0.6 is 0 Å². The van der Waals surface area contributed by atoms with Crippen molar-refractivity contribution in [2.45, 2.75) is 123 Å². The van der Waals surface area contributed by atoms with Crippen LogP contribution in [-0.2, 0) is 20.7 Å². The minimum absolute atomic E-state index is 0.00760. The summed E-state index contributed by atoms with van der Waals surface area (Å²) in [6.07, 6.45) is 14.1. The second-order valence-electron chi connectivity index (χ2n) is 11.3. The third-order valence-corrected chi connectivity index (χ3v) is 9.09. The van der Waals surface area contributed by atoms with Gasteiger partial charge in [-0.05, 0) is 92.4 Å². The summed E-state index contributed by atoms with van der Waals surface area (Å²) in [5.41, 5.74) is 2.94. The molecule has 0 N–H and O–H groups in total. The Kier molecular flexibility index (Phi) is 8.37. The van der Waals surface area contributed by atoms with E-state index in [1.54, 1.807) is 0 Å². The van der Waals surface area contributed by atoms with E-state index in [0.29, 0.717) is 36.3 Å². The van der Waals surface area contributed by atoms with E-state index in [0.717, 1.165) is 64.2 Å². The molecule has 5 atom stereocenters. The molecule has 0 aliphatic heterocycles. The van der Waals surface area contributed by atoms with Crippen molar-refractivity contribution in [1.29, 1.82) is 0 Å². The largest absolute Gasteiger partial charge is 0.462 e. The van der Waals surface area contributed by atoms with E-state index < -0.39 is 0 Å². The molecule has 3 aliphatic rings. The van der Waals surface area contributed by atoms with Crippen LogP contribution in [0.3, 0.4) is 0 Å². The van der Waals surface area contributed by atoms with E-state index in [-0.39, 0.29) is 23.5 Å². The molecule has 0 amide bonds. The summed E-state index contributed by atoms with van der Waals surface area (Å²) >= 11 is 0. The van der Waals surface area contributed by atoms with Crippen LogP contribution in [0.15, 0.2) is 18.2 Å². The van der Waals surface area contributed by atoms with Crippen LogP contribution in [0.2, 0.25) is 0 Å². The molecule has 1 aromatic carbocycles. The summed E-state index contributed by atoms with van der Waals surface area (Å²) in [5, 5.41) is 0. The van der Waals surface area contributed by atoms with Crippen LogP contribution < -0.4 is 4.74 Å². The van der Waals surface area contributed by atoms with Gasteiger partial charge in [-0.3, -0.25) is 9.59 Å². The minimum Gasteiger partial charge on any atom is -0.462 e. The average Bonchev–Trinajstić information content (AvgIpc) is 3.15. The number of aryl methyl sites for hydroxylation is 1. The van der Waals surface area contributed by atoms with Gasteiger partial charge in [0.15, 0.2) is 0 Å². The molecule has 4 nitrogen and oxygen atoms in total. The third kappa shape index (κ3) is 5.36. The summed E-state index contributed by atoms with van der Waals surface area (Å²) in [4.78, 5) is 24.6. The van der Waals surface area contributed by atoms with Gasteiger partial charge in [-0.25, -0.2) is 0 Å². The Labute approximate surface area is 206 Å². The zero-order valence-electron chi connectivity index (χ0n) is 21.6. The molecular formula is C30H44O4. The van der Waals surface area contributed by atoms with Gasteiger partial charge in [-0.1, -0.05) is 52.5 Å².